The number of ether oxygens (including phenoxy) is 1. The minimum absolute atomic E-state index is 0.205. The molecule has 14 heavy (non-hydrogen) atoms. The Morgan fingerprint density at radius 3 is 2.64 bits per heavy atom. The third kappa shape index (κ3) is 2.25. The van der Waals surface area contributed by atoms with Gasteiger partial charge in [-0.05, 0) is 19.9 Å². The number of hydrogen-bond acceptors (Lipinski definition) is 3. The molecule has 1 rings (SSSR count). The second-order valence-corrected chi connectivity index (χ2v) is 3.86. The molecule has 0 atom stereocenters. The van der Waals surface area contributed by atoms with E-state index >= 15 is 0 Å². The SMILES string of the molecule is CCCNC1(C(N)=O)CC(OCC)C1. The van der Waals surface area contributed by atoms with Gasteiger partial charge in [0.1, 0.15) is 5.54 Å². The lowest BCUT2D eigenvalue weighted by Gasteiger charge is -2.45. The minimum Gasteiger partial charge on any atom is -0.378 e. The molecular weight excluding hydrogens is 180 g/mol. The average Bonchev–Trinajstić information content (AvgIpc) is 2.08. The molecule has 4 nitrogen and oxygen atoms in total. The van der Waals surface area contributed by atoms with Gasteiger partial charge in [0.05, 0.1) is 6.10 Å². The van der Waals surface area contributed by atoms with Crippen LogP contribution >= 0.6 is 0 Å². The largest absolute Gasteiger partial charge is 0.378 e. The van der Waals surface area contributed by atoms with Gasteiger partial charge < -0.3 is 15.8 Å². The Labute approximate surface area is 85.2 Å². The van der Waals surface area contributed by atoms with Gasteiger partial charge in [-0.25, -0.2) is 0 Å². The number of nitrogens with two attached hydrogens (primary N) is 1. The highest BCUT2D eigenvalue weighted by Gasteiger charge is 2.48. The lowest BCUT2D eigenvalue weighted by atomic mass is 9.73. The zero-order chi connectivity index (χ0) is 10.6. The normalized spacial score (nSPS) is 31.1. The molecule has 1 aliphatic rings. The van der Waals surface area contributed by atoms with Crippen LogP contribution in [0, 0.1) is 0 Å². The summed E-state index contributed by atoms with van der Waals surface area (Å²) in [6.07, 6.45) is 2.65. The highest BCUT2D eigenvalue weighted by atomic mass is 16.5. The predicted molar refractivity (Wildman–Crippen MR) is 54.9 cm³/mol. The maximum absolute atomic E-state index is 11.3. The van der Waals surface area contributed by atoms with E-state index in [4.69, 9.17) is 10.5 Å². The summed E-state index contributed by atoms with van der Waals surface area (Å²) in [4.78, 5) is 11.3. The van der Waals surface area contributed by atoms with Crippen molar-refractivity contribution in [1.29, 1.82) is 0 Å². The number of primary amides is 1. The summed E-state index contributed by atoms with van der Waals surface area (Å²) in [5, 5.41) is 3.22. The molecule has 1 amide bonds. The molecular formula is C10H20N2O2. The first kappa shape index (κ1) is 11.5. The fraction of sp³-hybridized carbons (Fsp3) is 0.900. The van der Waals surface area contributed by atoms with E-state index < -0.39 is 5.54 Å². The van der Waals surface area contributed by atoms with Crippen molar-refractivity contribution in [2.24, 2.45) is 5.73 Å². The molecule has 0 saturated heterocycles. The van der Waals surface area contributed by atoms with Crippen molar-refractivity contribution in [1.82, 2.24) is 5.32 Å². The van der Waals surface area contributed by atoms with Crippen LogP contribution in [0.2, 0.25) is 0 Å². The molecule has 0 heterocycles. The summed E-state index contributed by atoms with van der Waals surface area (Å²) >= 11 is 0. The molecule has 1 saturated carbocycles. The molecule has 0 aliphatic heterocycles. The van der Waals surface area contributed by atoms with Gasteiger partial charge in [-0.3, -0.25) is 4.79 Å². The third-order valence-electron chi connectivity index (χ3n) is 2.74. The number of carbonyl (C=O) groups is 1. The van der Waals surface area contributed by atoms with E-state index in [9.17, 15) is 4.79 Å². The molecule has 0 unspecified atom stereocenters. The van der Waals surface area contributed by atoms with Crippen LogP contribution in [0.15, 0.2) is 0 Å². The standard InChI is InChI=1S/C10H20N2O2/c1-3-5-12-10(9(11)13)6-8(7-10)14-4-2/h8,12H,3-7H2,1-2H3,(H2,11,13). The van der Waals surface area contributed by atoms with Crippen LogP contribution in [0.1, 0.15) is 33.1 Å². The van der Waals surface area contributed by atoms with Crippen LogP contribution in [-0.4, -0.2) is 30.7 Å². The smallest absolute Gasteiger partial charge is 0.237 e. The van der Waals surface area contributed by atoms with E-state index in [0.29, 0.717) is 6.61 Å². The number of nitrogens with one attached hydrogen (secondary N) is 1. The molecule has 0 aromatic heterocycles. The number of carbonyl (C=O) groups excluding carboxylic acids is 1. The van der Waals surface area contributed by atoms with Crippen molar-refractivity contribution >= 4 is 5.91 Å². The summed E-state index contributed by atoms with van der Waals surface area (Å²) in [5.74, 6) is -0.248. The second kappa shape index (κ2) is 4.75. The molecule has 1 aliphatic carbocycles. The topological polar surface area (TPSA) is 64.3 Å². The first-order valence-electron chi connectivity index (χ1n) is 5.31. The van der Waals surface area contributed by atoms with Crippen LogP contribution in [0.25, 0.3) is 0 Å². The summed E-state index contributed by atoms with van der Waals surface area (Å²) in [5.41, 5.74) is 4.88. The van der Waals surface area contributed by atoms with Crippen LogP contribution in [0.5, 0.6) is 0 Å². The summed E-state index contributed by atoms with van der Waals surface area (Å²) in [6, 6.07) is 0. The lowest BCUT2D eigenvalue weighted by molar-refractivity contribution is -0.136. The van der Waals surface area contributed by atoms with Gasteiger partial charge in [-0.2, -0.15) is 0 Å². The van der Waals surface area contributed by atoms with Crippen molar-refractivity contribution in [3.63, 3.8) is 0 Å². The molecule has 4 heteroatoms. The first-order valence-corrected chi connectivity index (χ1v) is 5.31. The van der Waals surface area contributed by atoms with Gasteiger partial charge in [-0.1, -0.05) is 6.92 Å². The Morgan fingerprint density at radius 1 is 1.57 bits per heavy atom. The maximum atomic E-state index is 11.3. The van der Waals surface area contributed by atoms with Gasteiger partial charge >= 0.3 is 0 Å². The number of rotatable bonds is 6. The van der Waals surface area contributed by atoms with Gasteiger partial charge in [0.2, 0.25) is 5.91 Å². The molecule has 0 aromatic carbocycles. The molecule has 1 fully saturated rings. The number of amides is 1. The summed E-state index contributed by atoms with van der Waals surface area (Å²) < 4.78 is 5.42. The Hall–Kier alpha value is -0.610. The molecule has 3 N–H and O–H groups in total. The fourth-order valence-electron chi connectivity index (χ4n) is 1.87. The highest BCUT2D eigenvalue weighted by molar-refractivity contribution is 5.86. The van der Waals surface area contributed by atoms with E-state index in [-0.39, 0.29) is 12.0 Å². The van der Waals surface area contributed by atoms with Crippen molar-refractivity contribution in [3.8, 4) is 0 Å². The zero-order valence-electron chi connectivity index (χ0n) is 9.01. The van der Waals surface area contributed by atoms with Crippen molar-refractivity contribution in [2.75, 3.05) is 13.2 Å². The van der Waals surface area contributed by atoms with Crippen LogP contribution in [-0.2, 0) is 9.53 Å². The molecule has 0 aromatic rings. The van der Waals surface area contributed by atoms with Gasteiger partial charge in [-0.15, -0.1) is 0 Å². The molecule has 0 bridgehead atoms. The number of hydrogen-bond donors (Lipinski definition) is 2. The van der Waals surface area contributed by atoms with Crippen molar-refractivity contribution in [3.05, 3.63) is 0 Å². The average molecular weight is 200 g/mol. The quantitative estimate of drug-likeness (QED) is 0.652. The van der Waals surface area contributed by atoms with Crippen LogP contribution in [0.4, 0.5) is 0 Å². The fourth-order valence-corrected chi connectivity index (χ4v) is 1.87. The maximum Gasteiger partial charge on any atom is 0.237 e. The van der Waals surface area contributed by atoms with Gasteiger partial charge in [0, 0.05) is 19.4 Å². The van der Waals surface area contributed by atoms with E-state index in [1.54, 1.807) is 0 Å². The Kier molecular flexibility index (Phi) is 3.89. The van der Waals surface area contributed by atoms with E-state index in [2.05, 4.69) is 12.2 Å². The Bertz CT molecular complexity index is 200. The van der Waals surface area contributed by atoms with E-state index in [1.807, 2.05) is 6.92 Å². The Balaban J connectivity index is 2.40. The van der Waals surface area contributed by atoms with Gasteiger partial charge in [0.15, 0.2) is 0 Å². The summed E-state index contributed by atoms with van der Waals surface area (Å²) in [7, 11) is 0. The monoisotopic (exact) mass is 200 g/mol. The van der Waals surface area contributed by atoms with E-state index in [0.717, 1.165) is 25.8 Å². The first-order chi connectivity index (χ1) is 6.64. The van der Waals surface area contributed by atoms with Gasteiger partial charge in [0.25, 0.3) is 0 Å². The van der Waals surface area contributed by atoms with Crippen LogP contribution < -0.4 is 11.1 Å². The second-order valence-electron chi connectivity index (χ2n) is 3.86. The highest BCUT2D eigenvalue weighted by Crippen LogP contribution is 2.34. The molecule has 82 valence electrons. The van der Waals surface area contributed by atoms with Crippen molar-refractivity contribution < 1.29 is 9.53 Å². The Morgan fingerprint density at radius 2 is 2.21 bits per heavy atom. The lowest BCUT2D eigenvalue weighted by Crippen LogP contribution is -2.65. The molecule has 0 radical (unpaired) electrons. The zero-order valence-corrected chi connectivity index (χ0v) is 9.01. The predicted octanol–water partition coefficient (Wildman–Crippen LogP) is 0.409. The van der Waals surface area contributed by atoms with Crippen molar-refractivity contribution in [2.45, 2.75) is 44.8 Å². The summed E-state index contributed by atoms with van der Waals surface area (Å²) in [6.45, 7) is 5.57. The van der Waals surface area contributed by atoms with E-state index in [1.165, 1.54) is 0 Å². The molecule has 0 spiro atoms. The minimum atomic E-state index is -0.490. The van der Waals surface area contributed by atoms with Crippen LogP contribution in [0.3, 0.4) is 0 Å². The third-order valence-corrected chi connectivity index (χ3v) is 2.74.